The number of hydrogen-bond donors (Lipinski definition) is 0. The average Bonchev–Trinajstić information content (AvgIpc) is 3.46. The second-order valence-corrected chi connectivity index (χ2v) is 29.5. The molecule has 0 saturated carbocycles. The van der Waals surface area contributed by atoms with Gasteiger partial charge in [0.2, 0.25) is 0 Å². The van der Waals surface area contributed by atoms with Crippen LogP contribution in [0.4, 0.5) is 0 Å². The van der Waals surface area contributed by atoms with Gasteiger partial charge in [0.25, 0.3) is 0 Å². The van der Waals surface area contributed by atoms with E-state index < -0.39 is 18.4 Å². The molecule has 344 valence electrons. The Morgan fingerprint density at radius 2 is 0.370 bits per heavy atom. The fourth-order valence-electron chi connectivity index (χ4n) is 10.5. The van der Waals surface area contributed by atoms with Gasteiger partial charge in [-0.15, -0.1) is 0 Å². The van der Waals surface area contributed by atoms with Crippen molar-refractivity contribution >= 4 is 98.9 Å². The first-order valence-electron chi connectivity index (χ1n) is 24.4. The van der Waals surface area contributed by atoms with E-state index in [1.54, 1.807) is 0 Å². The quantitative estimate of drug-likeness (QED) is 0.0903. The van der Waals surface area contributed by atoms with E-state index in [9.17, 15) is 19.2 Å². The van der Waals surface area contributed by atoms with E-state index in [0.717, 1.165) is 57.4 Å². The van der Waals surface area contributed by atoms with Crippen LogP contribution in [0.5, 0.6) is 0 Å². The third-order valence-corrected chi connectivity index (χ3v) is 28.1. The zero-order valence-electron chi connectivity index (χ0n) is 39.5. The fourth-order valence-corrected chi connectivity index (χ4v) is 23.8. The van der Waals surface area contributed by atoms with E-state index in [0.29, 0.717) is 44.5 Å². The summed E-state index contributed by atoms with van der Waals surface area (Å²) < 4.78 is 4.17. The van der Waals surface area contributed by atoms with Gasteiger partial charge in [0.05, 0.1) is 0 Å². The molecule has 0 aliphatic carbocycles. The van der Waals surface area contributed by atoms with Crippen molar-refractivity contribution in [1.82, 2.24) is 0 Å². The van der Waals surface area contributed by atoms with E-state index in [1.807, 2.05) is 218 Å². The maximum absolute atomic E-state index is 14.3. The number of ketones is 4. The minimum atomic E-state index is -4.64. The first kappa shape index (κ1) is 45.3. The Bertz CT molecular complexity index is 3590. The maximum atomic E-state index is 14.3. The van der Waals surface area contributed by atoms with Crippen LogP contribution in [0.3, 0.4) is 0 Å². The van der Waals surface area contributed by atoms with Crippen LogP contribution in [0.1, 0.15) is 63.7 Å². The van der Waals surface area contributed by atoms with Crippen LogP contribution in [-0.4, -0.2) is 41.5 Å². The summed E-state index contributed by atoms with van der Waals surface area (Å²) >= 11 is -4.64. The van der Waals surface area contributed by atoms with E-state index in [1.165, 1.54) is 0 Å². The van der Waals surface area contributed by atoms with Crippen LogP contribution in [0.2, 0.25) is 0 Å². The SMILES string of the molecule is O=C(c1cc[c]([Sn]([c]2ccc(C(=O)c3ccc4ccccc4c3)cc2)([c]2ccc(C(=O)c3ccc4ccccc4c3)cc2)[c]2ccc(C(=O)c3ccc4ccccc4c3)cc2)cc1)c1ccc2ccccc2c1. The molecule has 0 bridgehead atoms. The van der Waals surface area contributed by atoms with Gasteiger partial charge in [-0.1, -0.05) is 0 Å². The number of carbonyl (C=O) groups is 4. The van der Waals surface area contributed by atoms with Gasteiger partial charge in [-0.3, -0.25) is 0 Å². The number of rotatable bonds is 12. The van der Waals surface area contributed by atoms with E-state index >= 15 is 0 Å². The molecular formula is C68H44O4Sn. The molecule has 0 unspecified atom stereocenters. The topological polar surface area (TPSA) is 68.3 Å². The van der Waals surface area contributed by atoms with Gasteiger partial charge in [0.15, 0.2) is 0 Å². The van der Waals surface area contributed by atoms with Crippen LogP contribution in [-0.2, 0) is 0 Å². The summed E-state index contributed by atoms with van der Waals surface area (Å²) in [5.41, 5.74) is 4.65. The van der Waals surface area contributed by atoms with Crippen molar-refractivity contribution in [2.75, 3.05) is 0 Å². The summed E-state index contributed by atoms with van der Waals surface area (Å²) in [5.74, 6) is -0.323. The summed E-state index contributed by atoms with van der Waals surface area (Å²) in [6.45, 7) is 0. The molecule has 4 nitrogen and oxygen atoms in total. The van der Waals surface area contributed by atoms with Gasteiger partial charge in [-0.05, 0) is 0 Å². The van der Waals surface area contributed by atoms with Crippen molar-refractivity contribution in [2.24, 2.45) is 0 Å². The fraction of sp³-hybridized carbons (Fsp3) is 0. The molecule has 0 spiro atoms. The Labute approximate surface area is 426 Å². The first-order chi connectivity index (χ1) is 35.8. The molecule has 0 amide bonds. The van der Waals surface area contributed by atoms with Crippen LogP contribution < -0.4 is 14.3 Å². The summed E-state index contributed by atoms with van der Waals surface area (Å²) in [6.07, 6.45) is 0. The molecule has 12 aromatic rings. The Balaban J connectivity index is 1.00. The molecule has 0 atom stereocenters. The predicted molar refractivity (Wildman–Crippen MR) is 300 cm³/mol. The molecule has 73 heavy (non-hydrogen) atoms. The Morgan fingerprint density at radius 1 is 0.192 bits per heavy atom. The number of hydrogen-bond acceptors (Lipinski definition) is 4. The predicted octanol–water partition coefficient (Wildman–Crippen LogP) is 12.6. The van der Waals surface area contributed by atoms with Crippen LogP contribution in [0.25, 0.3) is 43.1 Å². The Morgan fingerprint density at radius 3 is 0.575 bits per heavy atom. The number of benzene rings is 12. The van der Waals surface area contributed by atoms with Crippen LogP contribution >= 0.6 is 0 Å². The van der Waals surface area contributed by atoms with Crippen molar-refractivity contribution in [1.29, 1.82) is 0 Å². The standard InChI is InChI=1S/4C17H11O.Sn/c4*18-17(14-7-2-1-3-8-14)16-11-10-13-6-4-5-9-15(13)12-16;/h4*2-12H;. The number of fused-ring (bicyclic) bond motifs is 4. The molecule has 12 rings (SSSR count). The van der Waals surface area contributed by atoms with Crippen LogP contribution in [0, 0.1) is 0 Å². The summed E-state index contributed by atoms with van der Waals surface area (Å²) in [7, 11) is 0. The molecule has 0 N–H and O–H groups in total. The number of carbonyl (C=O) groups excluding carboxylic acids is 4. The van der Waals surface area contributed by atoms with E-state index in [-0.39, 0.29) is 23.1 Å². The third kappa shape index (κ3) is 8.45. The molecule has 0 heterocycles. The van der Waals surface area contributed by atoms with E-state index in [4.69, 9.17) is 0 Å². The molecule has 0 saturated heterocycles. The van der Waals surface area contributed by atoms with Gasteiger partial charge in [-0.25, -0.2) is 0 Å². The minimum absolute atomic E-state index is 0.0808. The molecule has 5 heteroatoms. The van der Waals surface area contributed by atoms with Gasteiger partial charge in [-0.2, -0.15) is 0 Å². The van der Waals surface area contributed by atoms with Crippen molar-refractivity contribution in [3.8, 4) is 0 Å². The summed E-state index contributed by atoms with van der Waals surface area (Å²) in [5, 5.41) is 8.23. The van der Waals surface area contributed by atoms with Crippen molar-refractivity contribution in [2.45, 2.75) is 0 Å². The van der Waals surface area contributed by atoms with E-state index in [2.05, 4.69) is 48.5 Å². The van der Waals surface area contributed by atoms with Crippen molar-refractivity contribution in [3.05, 3.63) is 311 Å². The normalized spacial score (nSPS) is 11.5. The summed E-state index contributed by atoms with van der Waals surface area (Å²) in [4.78, 5) is 57.0. The molecule has 0 aliphatic rings. The third-order valence-electron chi connectivity index (χ3n) is 14.4. The van der Waals surface area contributed by atoms with Crippen molar-refractivity contribution < 1.29 is 19.2 Å². The van der Waals surface area contributed by atoms with Gasteiger partial charge in [0, 0.05) is 0 Å². The van der Waals surface area contributed by atoms with Gasteiger partial charge < -0.3 is 0 Å². The van der Waals surface area contributed by atoms with Gasteiger partial charge in [0.1, 0.15) is 0 Å². The summed E-state index contributed by atoms with van der Waals surface area (Å²) in [6, 6.07) is 87.3. The Kier molecular flexibility index (Phi) is 11.8. The zero-order valence-corrected chi connectivity index (χ0v) is 42.4. The second kappa shape index (κ2) is 19.1. The van der Waals surface area contributed by atoms with Gasteiger partial charge >= 0.3 is 430 Å². The second-order valence-electron chi connectivity index (χ2n) is 18.6. The Hall–Kier alpha value is -8.84. The molecule has 0 aliphatic heterocycles. The molecule has 12 aromatic carbocycles. The molecular weight excluding hydrogens is 999 g/mol. The first-order valence-corrected chi connectivity index (χ1v) is 30.1. The molecule has 0 aromatic heterocycles. The zero-order chi connectivity index (χ0) is 49.5. The van der Waals surface area contributed by atoms with Crippen molar-refractivity contribution in [3.63, 3.8) is 0 Å². The molecule has 0 radical (unpaired) electrons. The average molecular weight is 1040 g/mol. The van der Waals surface area contributed by atoms with Crippen LogP contribution in [0.15, 0.2) is 267 Å². The monoisotopic (exact) mass is 1040 g/mol. The molecule has 0 fully saturated rings.